The third-order valence-corrected chi connectivity index (χ3v) is 5.35. The van der Waals surface area contributed by atoms with Gasteiger partial charge in [0, 0.05) is 39.0 Å². The van der Waals surface area contributed by atoms with Crippen LogP contribution in [-0.2, 0) is 16.6 Å². The quantitative estimate of drug-likeness (QED) is 0.768. The van der Waals surface area contributed by atoms with Gasteiger partial charge >= 0.3 is 12.1 Å². The molecule has 0 aromatic carbocycles. The minimum atomic E-state index is -5.08. The molecule has 3 atom stereocenters. The fourth-order valence-corrected chi connectivity index (χ4v) is 3.81. The number of amides is 1. The standard InChI is InChI=1S/C16H24N4O2.C2HF3O2/c1-19-9-12(7-17-19)16(21)18-13-10-20(8-11-4-5-11)14-3-2-6-22-15(13)14;3-2(4,5)1(6)7/h7,9,11,13-15H,2-6,8,10H2,1H3,(H,18,21);(H,6,7)/t13-,14-,15-;/m1./s1. The van der Waals surface area contributed by atoms with Crippen molar-refractivity contribution in [3.63, 3.8) is 0 Å². The molecule has 2 aliphatic heterocycles. The zero-order valence-corrected chi connectivity index (χ0v) is 16.1. The van der Waals surface area contributed by atoms with Crippen LogP contribution in [0.25, 0.3) is 0 Å². The molecule has 1 amide bonds. The molecule has 0 spiro atoms. The zero-order chi connectivity index (χ0) is 21.2. The van der Waals surface area contributed by atoms with E-state index >= 15 is 0 Å². The van der Waals surface area contributed by atoms with Gasteiger partial charge in [0.05, 0.1) is 23.9 Å². The molecule has 0 radical (unpaired) electrons. The molecule has 11 heteroatoms. The number of hydrogen-bond acceptors (Lipinski definition) is 5. The van der Waals surface area contributed by atoms with Crippen LogP contribution in [0.1, 0.15) is 36.0 Å². The van der Waals surface area contributed by atoms with Crippen LogP contribution in [0, 0.1) is 5.92 Å². The van der Waals surface area contributed by atoms with Crippen molar-refractivity contribution in [1.82, 2.24) is 20.0 Å². The number of fused-ring (bicyclic) bond motifs is 1. The Morgan fingerprint density at radius 1 is 1.34 bits per heavy atom. The maximum absolute atomic E-state index is 12.4. The number of aliphatic carboxylic acids is 1. The van der Waals surface area contributed by atoms with Gasteiger partial charge < -0.3 is 15.2 Å². The van der Waals surface area contributed by atoms with Gasteiger partial charge in [0.15, 0.2) is 0 Å². The van der Waals surface area contributed by atoms with E-state index in [2.05, 4.69) is 15.3 Å². The Morgan fingerprint density at radius 2 is 2.03 bits per heavy atom. The highest BCUT2D eigenvalue weighted by Crippen LogP contribution is 2.35. The number of aryl methyl sites for hydroxylation is 1. The number of carboxylic acid groups (broad SMARTS) is 1. The molecule has 3 heterocycles. The van der Waals surface area contributed by atoms with E-state index in [9.17, 15) is 18.0 Å². The Hall–Kier alpha value is -2.14. The summed E-state index contributed by atoms with van der Waals surface area (Å²) in [6.45, 7) is 2.90. The summed E-state index contributed by atoms with van der Waals surface area (Å²) < 4.78 is 39.4. The van der Waals surface area contributed by atoms with Crippen molar-refractivity contribution in [1.29, 1.82) is 0 Å². The first kappa shape index (κ1) is 21.6. The van der Waals surface area contributed by atoms with Crippen LogP contribution >= 0.6 is 0 Å². The fourth-order valence-electron chi connectivity index (χ4n) is 3.81. The summed E-state index contributed by atoms with van der Waals surface area (Å²) in [4.78, 5) is 23.8. The molecule has 4 rings (SSSR count). The predicted octanol–water partition coefficient (Wildman–Crippen LogP) is 1.42. The minimum Gasteiger partial charge on any atom is -0.475 e. The van der Waals surface area contributed by atoms with Gasteiger partial charge in [-0.05, 0) is 31.6 Å². The van der Waals surface area contributed by atoms with E-state index in [4.69, 9.17) is 14.6 Å². The number of likely N-dealkylation sites (tertiary alicyclic amines) is 1. The lowest BCUT2D eigenvalue weighted by Crippen LogP contribution is -2.47. The molecule has 8 nitrogen and oxygen atoms in total. The van der Waals surface area contributed by atoms with E-state index in [-0.39, 0.29) is 18.1 Å². The molecule has 0 unspecified atom stereocenters. The number of nitrogens with one attached hydrogen (secondary N) is 1. The second-order valence-electron chi connectivity index (χ2n) is 7.73. The fraction of sp³-hybridized carbons (Fsp3) is 0.722. The second kappa shape index (κ2) is 8.70. The Kier molecular flexibility index (Phi) is 6.47. The van der Waals surface area contributed by atoms with Gasteiger partial charge in [-0.25, -0.2) is 4.79 Å². The van der Waals surface area contributed by atoms with E-state index in [1.807, 2.05) is 7.05 Å². The third kappa shape index (κ3) is 5.69. The van der Waals surface area contributed by atoms with Crippen LogP contribution in [0.15, 0.2) is 12.4 Å². The lowest BCUT2D eigenvalue weighted by atomic mass is 10.0. The topological polar surface area (TPSA) is 96.7 Å². The summed E-state index contributed by atoms with van der Waals surface area (Å²) in [7, 11) is 1.82. The number of carbonyl (C=O) groups is 2. The molecule has 1 aromatic heterocycles. The summed E-state index contributed by atoms with van der Waals surface area (Å²) in [5, 5.41) is 14.4. The molecule has 2 saturated heterocycles. The Balaban J connectivity index is 0.000000298. The number of alkyl halides is 3. The number of carbonyl (C=O) groups excluding carboxylic acids is 1. The summed E-state index contributed by atoms with van der Waals surface area (Å²) in [6, 6.07) is 0.574. The molecule has 3 fully saturated rings. The van der Waals surface area contributed by atoms with E-state index in [0.29, 0.717) is 11.6 Å². The van der Waals surface area contributed by atoms with Crippen LogP contribution in [0.5, 0.6) is 0 Å². The minimum absolute atomic E-state index is 0.0423. The normalized spacial score (nSPS) is 27.0. The molecule has 1 aromatic rings. The van der Waals surface area contributed by atoms with E-state index in [0.717, 1.165) is 25.5 Å². The van der Waals surface area contributed by atoms with Gasteiger partial charge in [-0.3, -0.25) is 14.4 Å². The summed E-state index contributed by atoms with van der Waals surface area (Å²) in [5.74, 6) is -1.93. The first-order valence-corrected chi connectivity index (χ1v) is 9.60. The molecular formula is C18H25F3N4O4. The van der Waals surface area contributed by atoms with Gasteiger partial charge in [-0.15, -0.1) is 0 Å². The molecule has 29 heavy (non-hydrogen) atoms. The molecule has 1 aliphatic carbocycles. The lowest BCUT2D eigenvalue weighted by Gasteiger charge is -2.32. The highest BCUT2D eigenvalue weighted by Gasteiger charge is 2.45. The van der Waals surface area contributed by atoms with E-state index in [1.165, 1.54) is 25.8 Å². The molecule has 1 saturated carbocycles. The van der Waals surface area contributed by atoms with Crippen molar-refractivity contribution in [3.05, 3.63) is 18.0 Å². The Labute approximate surface area is 166 Å². The van der Waals surface area contributed by atoms with Gasteiger partial charge in [0.1, 0.15) is 0 Å². The van der Waals surface area contributed by atoms with Crippen molar-refractivity contribution in [2.24, 2.45) is 13.0 Å². The first-order valence-electron chi connectivity index (χ1n) is 9.60. The summed E-state index contributed by atoms with van der Waals surface area (Å²) in [5.41, 5.74) is 0.621. The van der Waals surface area contributed by atoms with Gasteiger partial charge in [0.2, 0.25) is 0 Å². The first-order chi connectivity index (χ1) is 13.6. The second-order valence-corrected chi connectivity index (χ2v) is 7.73. The molecule has 2 N–H and O–H groups in total. The number of halogens is 3. The molecule has 3 aliphatic rings. The number of ether oxygens (including phenoxy) is 1. The number of nitrogens with zero attached hydrogens (tertiary/aromatic N) is 3. The van der Waals surface area contributed by atoms with E-state index < -0.39 is 12.1 Å². The predicted molar refractivity (Wildman–Crippen MR) is 95.2 cm³/mol. The maximum atomic E-state index is 12.4. The SMILES string of the molecule is Cn1cc(C(=O)N[C@@H]2CN(CC3CC3)[C@@H]3CCCO[C@@H]32)cn1.O=C(O)C(F)(F)F. The van der Waals surface area contributed by atoms with Crippen molar-refractivity contribution in [3.8, 4) is 0 Å². The highest BCUT2D eigenvalue weighted by atomic mass is 19.4. The van der Waals surface area contributed by atoms with Crippen molar-refractivity contribution >= 4 is 11.9 Å². The van der Waals surface area contributed by atoms with Crippen LogP contribution in [0.2, 0.25) is 0 Å². The summed E-state index contributed by atoms with van der Waals surface area (Å²) >= 11 is 0. The largest absolute Gasteiger partial charge is 0.490 e. The number of rotatable bonds is 4. The maximum Gasteiger partial charge on any atom is 0.490 e. The molecule has 0 bridgehead atoms. The van der Waals surface area contributed by atoms with Crippen LogP contribution in [0.3, 0.4) is 0 Å². The van der Waals surface area contributed by atoms with Gasteiger partial charge in [0.25, 0.3) is 5.91 Å². The van der Waals surface area contributed by atoms with Crippen molar-refractivity contribution in [2.45, 2.75) is 50.0 Å². The highest BCUT2D eigenvalue weighted by molar-refractivity contribution is 5.94. The van der Waals surface area contributed by atoms with Crippen molar-refractivity contribution < 1.29 is 32.6 Å². The summed E-state index contributed by atoms with van der Waals surface area (Å²) in [6.07, 6.45) is 3.48. The Bertz CT molecular complexity index is 735. The third-order valence-electron chi connectivity index (χ3n) is 5.35. The van der Waals surface area contributed by atoms with Crippen LogP contribution in [0.4, 0.5) is 13.2 Å². The number of aromatic nitrogens is 2. The van der Waals surface area contributed by atoms with Gasteiger partial charge in [-0.2, -0.15) is 18.3 Å². The average Bonchev–Trinajstić information content (AvgIpc) is 3.26. The van der Waals surface area contributed by atoms with Gasteiger partial charge in [-0.1, -0.05) is 0 Å². The number of hydrogen-bond donors (Lipinski definition) is 2. The van der Waals surface area contributed by atoms with Crippen LogP contribution in [-0.4, -0.2) is 75.7 Å². The molecular weight excluding hydrogens is 393 g/mol. The molecule has 162 valence electrons. The lowest BCUT2D eigenvalue weighted by molar-refractivity contribution is -0.192. The smallest absolute Gasteiger partial charge is 0.475 e. The van der Waals surface area contributed by atoms with Crippen molar-refractivity contribution in [2.75, 3.05) is 19.7 Å². The monoisotopic (exact) mass is 418 g/mol. The average molecular weight is 418 g/mol. The number of carboxylic acids is 1. The van der Waals surface area contributed by atoms with E-state index in [1.54, 1.807) is 17.1 Å². The zero-order valence-electron chi connectivity index (χ0n) is 16.1. The Morgan fingerprint density at radius 3 is 2.59 bits per heavy atom. The van der Waals surface area contributed by atoms with Crippen LogP contribution < -0.4 is 5.32 Å².